The molecule has 84 valence electrons. The van der Waals surface area contributed by atoms with Crippen LogP contribution in [-0.4, -0.2) is 7.05 Å². The van der Waals surface area contributed by atoms with Gasteiger partial charge in [-0.25, -0.2) is 0 Å². The Kier molecular flexibility index (Phi) is 3.59. The van der Waals surface area contributed by atoms with Crippen LogP contribution in [0.15, 0.2) is 41.8 Å². The summed E-state index contributed by atoms with van der Waals surface area (Å²) < 4.78 is 0. The quantitative estimate of drug-likeness (QED) is 0.878. The molecule has 0 saturated heterocycles. The molecule has 1 aromatic heterocycles. The molecule has 16 heavy (non-hydrogen) atoms. The highest BCUT2D eigenvalue weighted by Crippen LogP contribution is 2.19. The number of hydrogen-bond donors (Lipinski definition) is 1. The molecule has 0 radical (unpaired) electrons. The Balaban J connectivity index is 2.11. The minimum atomic E-state index is 0.598. The summed E-state index contributed by atoms with van der Waals surface area (Å²) in [6.45, 7) is 1.55. The average Bonchev–Trinajstić information content (AvgIpc) is 2.82. The van der Waals surface area contributed by atoms with Gasteiger partial charge in [-0.05, 0) is 29.1 Å². The van der Waals surface area contributed by atoms with E-state index in [0.29, 0.717) is 6.54 Å². The number of hydrogen-bond acceptors (Lipinski definition) is 3. The van der Waals surface area contributed by atoms with Crippen LogP contribution in [0.3, 0.4) is 0 Å². The zero-order valence-electron chi connectivity index (χ0n) is 9.39. The first kappa shape index (κ1) is 11.2. The lowest BCUT2D eigenvalue weighted by Crippen LogP contribution is -2.15. The van der Waals surface area contributed by atoms with Gasteiger partial charge < -0.3 is 10.6 Å². The molecule has 0 fully saturated rings. The molecule has 0 amide bonds. The van der Waals surface area contributed by atoms with E-state index in [0.717, 1.165) is 6.54 Å². The van der Waals surface area contributed by atoms with Gasteiger partial charge in [0, 0.05) is 24.2 Å². The summed E-state index contributed by atoms with van der Waals surface area (Å²) in [5.41, 5.74) is 8.03. The molecule has 0 unspecified atom stereocenters. The Morgan fingerprint density at radius 3 is 2.81 bits per heavy atom. The lowest BCUT2D eigenvalue weighted by atomic mass is 10.2. The maximum atomic E-state index is 5.64. The van der Waals surface area contributed by atoms with E-state index < -0.39 is 0 Å². The van der Waals surface area contributed by atoms with E-state index in [1.807, 2.05) is 0 Å². The van der Waals surface area contributed by atoms with Crippen molar-refractivity contribution in [1.29, 1.82) is 0 Å². The summed E-state index contributed by atoms with van der Waals surface area (Å²) in [4.78, 5) is 3.62. The Hall–Kier alpha value is -1.32. The van der Waals surface area contributed by atoms with E-state index in [1.165, 1.54) is 16.1 Å². The van der Waals surface area contributed by atoms with Crippen LogP contribution in [0.2, 0.25) is 0 Å². The molecule has 2 N–H and O–H groups in total. The lowest BCUT2D eigenvalue weighted by Gasteiger charge is -2.19. The molecule has 0 saturated carbocycles. The molecule has 1 aromatic carbocycles. The van der Waals surface area contributed by atoms with E-state index >= 15 is 0 Å². The normalized spacial score (nSPS) is 10.4. The van der Waals surface area contributed by atoms with Crippen LogP contribution < -0.4 is 10.6 Å². The molecule has 0 aliphatic heterocycles. The number of thiophene rings is 1. The summed E-state index contributed by atoms with van der Waals surface area (Å²) in [6.07, 6.45) is 0. The van der Waals surface area contributed by atoms with E-state index in [2.05, 4.69) is 53.7 Å². The summed E-state index contributed by atoms with van der Waals surface area (Å²) in [6, 6.07) is 12.6. The third-order valence-corrected chi connectivity index (χ3v) is 3.42. The number of nitrogens with two attached hydrogens (primary N) is 1. The van der Waals surface area contributed by atoms with Gasteiger partial charge in [0.05, 0.1) is 6.54 Å². The molecule has 1 heterocycles. The van der Waals surface area contributed by atoms with Crippen molar-refractivity contribution in [2.24, 2.45) is 5.73 Å². The first-order chi connectivity index (χ1) is 7.79. The van der Waals surface area contributed by atoms with Gasteiger partial charge in [-0.1, -0.05) is 18.2 Å². The highest BCUT2D eigenvalue weighted by atomic mass is 32.1. The molecule has 2 rings (SSSR count). The summed E-state index contributed by atoms with van der Waals surface area (Å²) in [7, 11) is 2.11. The molecular formula is C13H16N2S. The maximum Gasteiger partial charge on any atom is 0.0519 e. The molecule has 0 bridgehead atoms. The molecule has 0 spiro atoms. The van der Waals surface area contributed by atoms with Crippen molar-refractivity contribution in [3.63, 3.8) is 0 Å². The van der Waals surface area contributed by atoms with Crippen molar-refractivity contribution < 1.29 is 0 Å². The second-order valence-electron chi connectivity index (χ2n) is 3.81. The molecule has 2 aromatic rings. The van der Waals surface area contributed by atoms with Crippen molar-refractivity contribution in [3.05, 3.63) is 52.2 Å². The third kappa shape index (κ3) is 2.62. The average molecular weight is 232 g/mol. The van der Waals surface area contributed by atoms with Crippen LogP contribution in [0.1, 0.15) is 10.4 Å². The molecule has 0 aliphatic rings. The van der Waals surface area contributed by atoms with E-state index in [9.17, 15) is 0 Å². The molecular weight excluding hydrogens is 216 g/mol. The number of rotatable bonds is 4. The molecule has 0 aliphatic carbocycles. The SMILES string of the molecule is CN(Cc1cccs1)c1cccc(CN)c1. The Labute approximate surface area is 100 Å². The van der Waals surface area contributed by atoms with Crippen molar-refractivity contribution in [2.75, 3.05) is 11.9 Å². The smallest absolute Gasteiger partial charge is 0.0519 e. The van der Waals surface area contributed by atoms with Crippen LogP contribution >= 0.6 is 11.3 Å². The zero-order chi connectivity index (χ0) is 11.4. The number of benzene rings is 1. The second kappa shape index (κ2) is 5.14. The Morgan fingerprint density at radius 2 is 2.12 bits per heavy atom. The zero-order valence-corrected chi connectivity index (χ0v) is 10.2. The van der Waals surface area contributed by atoms with Crippen LogP contribution in [-0.2, 0) is 13.1 Å². The second-order valence-corrected chi connectivity index (χ2v) is 4.84. The topological polar surface area (TPSA) is 29.3 Å². The van der Waals surface area contributed by atoms with Gasteiger partial charge >= 0.3 is 0 Å². The van der Waals surface area contributed by atoms with Crippen molar-refractivity contribution in [3.8, 4) is 0 Å². The van der Waals surface area contributed by atoms with E-state index in [1.54, 1.807) is 11.3 Å². The van der Waals surface area contributed by atoms with Gasteiger partial charge in [0.1, 0.15) is 0 Å². The minimum Gasteiger partial charge on any atom is -0.369 e. The van der Waals surface area contributed by atoms with Gasteiger partial charge in [-0.3, -0.25) is 0 Å². The summed E-state index contributed by atoms with van der Waals surface area (Å²) in [5.74, 6) is 0. The van der Waals surface area contributed by atoms with Crippen LogP contribution in [0, 0.1) is 0 Å². The third-order valence-electron chi connectivity index (χ3n) is 2.56. The first-order valence-electron chi connectivity index (χ1n) is 5.32. The summed E-state index contributed by atoms with van der Waals surface area (Å²) in [5, 5.41) is 2.11. The van der Waals surface area contributed by atoms with Crippen LogP contribution in [0.25, 0.3) is 0 Å². The standard InChI is InChI=1S/C13H16N2S/c1-15(10-13-6-3-7-16-13)12-5-2-4-11(8-12)9-14/h2-8H,9-10,14H2,1H3. The Bertz CT molecular complexity index is 437. The predicted octanol–water partition coefficient (Wildman–Crippen LogP) is 2.84. The Morgan fingerprint density at radius 1 is 1.25 bits per heavy atom. The van der Waals surface area contributed by atoms with Crippen molar-refractivity contribution in [1.82, 2.24) is 0 Å². The highest BCUT2D eigenvalue weighted by Gasteiger charge is 2.03. The fraction of sp³-hybridized carbons (Fsp3) is 0.231. The molecule has 3 heteroatoms. The fourth-order valence-corrected chi connectivity index (χ4v) is 2.41. The fourth-order valence-electron chi connectivity index (χ4n) is 1.65. The van der Waals surface area contributed by atoms with Gasteiger partial charge in [-0.2, -0.15) is 0 Å². The monoisotopic (exact) mass is 232 g/mol. The minimum absolute atomic E-state index is 0.598. The molecule has 0 atom stereocenters. The van der Waals surface area contributed by atoms with Crippen molar-refractivity contribution >= 4 is 17.0 Å². The van der Waals surface area contributed by atoms with Gasteiger partial charge in [-0.15, -0.1) is 11.3 Å². The van der Waals surface area contributed by atoms with Gasteiger partial charge in [0.2, 0.25) is 0 Å². The van der Waals surface area contributed by atoms with Crippen LogP contribution in [0.5, 0.6) is 0 Å². The lowest BCUT2D eigenvalue weighted by molar-refractivity contribution is 0.935. The first-order valence-corrected chi connectivity index (χ1v) is 6.20. The van der Waals surface area contributed by atoms with Crippen LogP contribution in [0.4, 0.5) is 5.69 Å². The van der Waals surface area contributed by atoms with Crippen molar-refractivity contribution in [2.45, 2.75) is 13.1 Å². The predicted molar refractivity (Wildman–Crippen MR) is 70.8 cm³/mol. The van der Waals surface area contributed by atoms with Gasteiger partial charge in [0.25, 0.3) is 0 Å². The molecule has 2 nitrogen and oxygen atoms in total. The number of nitrogens with zero attached hydrogens (tertiary/aromatic N) is 1. The maximum absolute atomic E-state index is 5.64. The number of anilines is 1. The van der Waals surface area contributed by atoms with E-state index in [-0.39, 0.29) is 0 Å². The highest BCUT2D eigenvalue weighted by molar-refractivity contribution is 7.09. The summed E-state index contributed by atoms with van der Waals surface area (Å²) >= 11 is 1.79. The largest absolute Gasteiger partial charge is 0.369 e. The van der Waals surface area contributed by atoms with E-state index in [4.69, 9.17) is 5.73 Å². The van der Waals surface area contributed by atoms with Gasteiger partial charge in [0.15, 0.2) is 0 Å².